The van der Waals surface area contributed by atoms with Crippen LogP contribution < -0.4 is 0 Å². The fraction of sp³-hybridized carbons (Fsp3) is 0. The molecule has 0 fully saturated rings. The van der Waals surface area contributed by atoms with Crippen LogP contribution in [0.2, 0.25) is 0 Å². The predicted octanol–water partition coefficient (Wildman–Crippen LogP) is 6.56. The molecule has 0 saturated carbocycles. The highest BCUT2D eigenvalue weighted by molar-refractivity contribution is 5.76. The van der Waals surface area contributed by atoms with Crippen LogP contribution in [0, 0.1) is 11.3 Å². The van der Waals surface area contributed by atoms with E-state index in [0.29, 0.717) is 5.56 Å². The number of hydrogen-bond acceptors (Lipinski definition) is 1. The molecule has 0 N–H and O–H groups in total. The molecular weight excluding hydrogens is 314 g/mol. The summed E-state index contributed by atoms with van der Waals surface area (Å²) in [6.07, 6.45) is 0. The molecule has 1 nitrogen and oxygen atoms in total. The number of hydrogen-bond donors (Lipinski definition) is 0. The molecule has 0 radical (unpaired) electrons. The Morgan fingerprint density at radius 2 is 1.00 bits per heavy atom. The number of rotatable bonds is 3. The van der Waals surface area contributed by atoms with Crippen LogP contribution in [-0.4, -0.2) is 0 Å². The first-order chi connectivity index (χ1) is 12.8. The van der Waals surface area contributed by atoms with Crippen molar-refractivity contribution in [2.45, 2.75) is 0 Å². The molecule has 0 atom stereocenters. The maximum atomic E-state index is 9.30. The topological polar surface area (TPSA) is 23.8 Å². The Hall–Kier alpha value is -3.63. The number of benzene rings is 4. The molecule has 0 unspecified atom stereocenters. The van der Waals surface area contributed by atoms with E-state index in [1.54, 1.807) is 0 Å². The Balaban J connectivity index is 1.69. The summed E-state index contributed by atoms with van der Waals surface area (Å²) in [5.41, 5.74) is 7.51. The fourth-order valence-electron chi connectivity index (χ4n) is 3.18. The highest BCUT2D eigenvalue weighted by atomic mass is 14.2. The zero-order valence-electron chi connectivity index (χ0n) is 14.3. The van der Waals surface area contributed by atoms with E-state index in [1.165, 1.54) is 22.3 Å². The molecule has 0 amide bonds. The summed E-state index contributed by atoms with van der Waals surface area (Å²) in [7, 11) is 0. The summed E-state index contributed by atoms with van der Waals surface area (Å²) < 4.78 is 0. The van der Waals surface area contributed by atoms with Crippen molar-refractivity contribution in [1.82, 2.24) is 0 Å². The molecule has 4 aromatic rings. The van der Waals surface area contributed by atoms with E-state index < -0.39 is 0 Å². The minimum Gasteiger partial charge on any atom is -0.192 e. The number of nitriles is 1. The maximum Gasteiger partial charge on any atom is 0.0998 e. The van der Waals surface area contributed by atoms with Crippen molar-refractivity contribution in [1.29, 1.82) is 5.26 Å². The van der Waals surface area contributed by atoms with Gasteiger partial charge in [-0.1, -0.05) is 91.0 Å². The smallest absolute Gasteiger partial charge is 0.0998 e. The molecule has 122 valence electrons. The molecule has 1 heteroatoms. The van der Waals surface area contributed by atoms with Crippen LogP contribution in [0.1, 0.15) is 5.56 Å². The van der Waals surface area contributed by atoms with Crippen LogP contribution in [0.3, 0.4) is 0 Å². The van der Waals surface area contributed by atoms with Gasteiger partial charge in [0.15, 0.2) is 0 Å². The standard InChI is InChI=1S/C25H17N/c26-18-24-9-4-5-12-25(24)21-15-13-20(14-16-21)23-11-6-10-22(17-23)19-7-2-1-3-8-19/h1-17H. The van der Waals surface area contributed by atoms with Gasteiger partial charge in [0, 0.05) is 0 Å². The lowest BCUT2D eigenvalue weighted by atomic mass is 9.96. The van der Waals surface area contributed by atoms with Gasteiger partial charge >= 0.3 is 0 Å². The lowest BCUT2D eigenvalue weighted by Crippen LogP contribution is -1.85. The highest BCUT2D eigenvalue weighted by Crippen LogP contribution is 2.29. The maximum absolute atomic E-state index is 9.30. The molecule has 26 heavy (non-hydrogen) atoms. The van der Waals surface area contributed by atoms with E-state index in [1.807, 2.05) is 30.3 Å². The minimum absolute atomic E-state index is 0.700. The van der Waals surface area contributed by atoms with Crippen molar-refractivity contribution in [3.05, 3.63) is 109 Å². The molecule has 0 bridgehead atoms. The second kappa shape index (κ2) is 7.09. The van der Waals surface area contributed by atoms with Gasteiger partial charge in [0.05, 0.1) is 11.6 Å². The van der Waals surface area contributed by atoms with E-state index in [-0.39, 0.29) is 0 Å². The molecule has 0 heterocycles. The molecule has 0 aliphatic heterocycles. The summed E-state index contributed by atoms with van der Waals surface area (Å²) in [5, 5.41) is 9.30. The summed E-state index contributed by atoms with van der Waals surface area (Å²) >= 11 is 0. The molecule has 0 aliphatic rings. The molecule has 0 aromatic heterocycles. The molecule has 0 aliphatic carbocycles. The van der Waals surface area contributed by atoms with Crippen molar-refractivity contribution < 1.29 is 0 Å². The monoisotopic (exact) mass is 331 g/mol. The van der Waals surface area contributed by atoms with Gasteiger partial charge in [-0.25, -0.2) is 0 Å². The van der Waals surface area contributed by atoms with Crippen molar-refractivity contribution in [2.24, 2.45) is 0 Å². The average molecular weight is 331 g/mol. The summed E-state index contributed by atoms with van der Waals surface area (Å²) in [6, 6.07) is 37.4. The van der Waals surface area contributed by atoms with Gasteiger partial charge in [0.25, 0.3) is 0 Å². The largest absolute Gasteiger partial charge is 0.192 e. The van der Waals surface area contributed by atoms with Crippen LogP contribution in [0.25, 0.3) is 33.4 Å². The number of nitrogens with zero attached hydrogens (tertiary/aromatic N) is 1. The Labute approximate surface area is 153 Å². The van der Waals surface area contributed by atoms with Crippen LogP contribution >= 0.6 is 0 Å². The van der Waals surface area contributed by atoms with Gasteiger partial charge < -0.3 is 0 Å². The first kappa shape index (κ1) is 15.9. The van der Waals surface area contributed by atoms with E-state index in [2.05, 4.69) is 78.9 Å². The van der Waals surface area contributed by atoms with E-state index >= 15 is 0 Å². The van der Waals surface area contributed by atoms with Gasteiger partial charge in [-0.05, 0) is 45.5 Å². The van der Waals surface area contributed by atoms with Gasteiger partial charge in [-0.2, -0.15) is 5.26 Å². The fourth-order valence-corrected chi connectivity index (χ4v) is 3.18. The predicted molar refractivity (Wildman–Crippen MR) is 107 cm³/mol. The van der Waals surface area contributed by atoms with E-state index in [9.17, 15) is 5.26 Å². The Kier molecular flexibility index (Phi) is 4.33. The third-order valence-electron chi connectivity index (χ3n) is 4.55. The van der Waals surface area contributed by atoms with Crippen molar-refractivity contribution in [3.8, 4) is 39.4 Å². The van der Waals surface area contributed by atoms with Gasteiger partial charge in [-0.3, -0.25) is 0 Å². The van der Waals surface area contributed by atoms with Gasteiger partial charge in [0.2, 0.25) is 0 Å². The molecule has 0 spiro atoms. The molecular formula is C25H17N. The van der Waals surface area contributed by atoms with Gasteiger partial charge in [-0.15, -0.1) is 0 Å². The van der Waals surface area contributed by atoms with Crippen LogP contribution in [0.5, 0.6) is 0 Å². The molecule has 4 rings (SSSR count). The quantitative estimate of drug-likeness (QED) is 0.417. The summed E-state index contributed by atoms with van der Waals surface area (Å²) in [5.74, 6) is 0. The second-order valence-corrected chi connectivity index (χ2v) is 6.18. The highest BCUT2D eigenvalue weighted by Gasteiger charge is 2.05. The lowest BCUT2D eigenvalue weighted by Gasteiger charge is -2.08. The second-order valence-electron chi connectivity index (χ2n) is 6.18. The Morgan fingerprint density at radius 1 is 0.462 bits per heavy atom. The molecule has 4 aromatic carbocycles. The van der Waals surface area contributed by atoms with Crippen molar-refractivity contribution in [3.63, 3.8) is 0 Å². The summed E-state index contributed by atoms with van der Waals surface area (Å²) in [6.45, 7) is 0. The van der Waals surface area contributed by atoms with Crippen LogP contribution in [-0.2, 0) is 0 Å². The zero-order valence-corrected chi connectivity index (χ0v) is 14.3. The van der Waals surface area contributed by atoms with E-state index in [0.717, 1.165) is 11.1 Å². The third kappa shape index (κ3) is 3.14. The van der Waals surface area contributed by atoms with Crippen molar-refractivity contribution in [2.75, 3.05) is 0 Å². The Bertz CT molecular complexity index is 1070. The third-order valence-corrected chi connectivity index (χ3v) is 4.55. The van der Waals surface area contributed by atoms with Crippen LogP contribution in [0.15, 0.2) is 103 Å². The normalized spacial score (nSPS) is 10.3. The zero-order chi connectivity index (χ0) is 17.8. The first-order valence-corrected chi connectivity index (χ1v) is 8.60. The van der Waals surface area contributed by atoms with Crippen LogP contribution in [0.4, 0.5) is 0 Å². The summed E-state index contributed by atoms with van der Waals surface area (Å²) in [4.78, 5) is 0. The van der Waals surface area contributed by atoms with E-state index in [4.69, 9.17) is 0 Å². The molecule has 0 saturated heterocycles. The Morgan fingerprint density at radius 3 is 1.69 bits per heavy atom. The first-order valence-electron chi connectivity index (χ1n) is 8.60. The SMILES string of the molecule is N#Cc1ccccc1-c1ccc(-c2cccc(-c3ccccc3)c2)cc1. The van der Waals surface area contributed by atoms with Gasteiger partial charge in [0.1, 0.15) is 0 Å². The average Bonchev–Trinajstić information content (AvgIpc) is 2.74. The minimum atomic E-state index is 0.700. The lowest BCUT2D eigenvalue weighted by molar-refractivity contribution is 1.48. The van der Waals surface area contributed by atoms with Crippen molar-refractivity contribution >= 4 is 0 Å².